The molecule has 1 aromatic carbocycles. The minimum absolute atomic E-state index is 0.213. The molecule has 1 aliphatic rings. The van der Waals surface area contributed by atoms with Gasteiger partial charge in [0.2, 0.25) is 0 Å². The Bertz CT molecular complexity index is 369. The number of phenols is 1. The van der Waals surface area contributed by atoms with E-state index in [1.54, 1.807) is 18.2 Å². The number of hydrogen-bond acceptors (Lipinski definition) is 2. The molecule has 0 aliphatic carbocycles. The molecule has 16 heavy (non-hydrogen) atoms. The number of benzene rings is 1. The fraction of sp³-hybridized carbons (Fsp3) is 0.538. The summed E-state index contributed by atoms with van der Waals surface area (Å²) in [5.74, 6) is 0.213. The monoisotopic (exact) mass is 223 g/mol. The Labute approximate surface area is 95.7 Å². The summed E-state index contributed by atoms with van der Waals surface area (Å²) in [5.41, 5.74) is -0.265. The van der Waals surface area contributed by atoms with Crippen molar-refractivity contribution in [1.29, 1.82) is 0 Å². The van der Waals surface area contributed by atoms with Gasteiger partial charge in [0.05, 0.1) is 0 Å². The zero-order chi connectivity index (χ0) is 11.6. The number of piperidine rings is 1. The summed E-state index contributed by atoms with van der Waals surface area (Å²) in [6, 6.07) is 6.90. The van der Waals surface area contributed by atoms with Gasteiger partial charge >= 0.3 is 0 Å². The Morgan fingerprint density at radius 1 is 1.50 bits per heavy atom. The normalized spacial score (nSPS) is 26.9. The maximum absolute atomic E-state index is 14.5. The van der Waals surface area contributed by atoms with Crippen molar-refractivity contribution in [2.75, 3.05) is 20.1 Å². The first-order valence-corrected chi connectivity index (χ1v) is 5.73. The molecule has 1 heterocycles. The molecule has 0 amide bonds. The van der Waals surface area contributed by atoms with E-state index in [0.717, 1.165) is 18.5 Å². The van der Waals surface area contributed by atoms with Gasteiger partial charge in [0, 0.05) is 13.0 Å². The van der Waals surface area contributed by atoms with Crippen molar-refractivity contribution >= 4 is 0 Å². The molecular formula is C13H18FNO. The predicted octanol–water partition coefficient (Wildman–Crippen LogP) is 2.37. The topological polar surface area (TPSA) is 23.5 Å². The molecule has 1 fully saturated rings. The van der Waals surface area contributed by atoms with Crippen molar-refractivity contribution in [2.45, 2.75) is 24.9 Å². The second-order valence-electron chi connectivity index (χ2n) is 4.84. The van der Waals surface area contributed by atoms with Crippen LogP contribution in [-0.4, -0.2) is 35.8 Å². The minimum atomic E-state index is -1.14. The first-order valence-electron chi connectivity index (χ1n) is 5.73. The van der Waals surface area contributed by atoms with E-state index in [0.29, 0.717) is 19.4 Å². The van der Waals surface area contributed by atoms with Gasteiger partial charge in [-0.05, 0) is 44.1 Å². The van der Waals surface area contributed by atoms with Gasteiger partial charge in [-0.15, -0.1) is 0 Å². The van der Waals surface area contributed by atoms with Crippen LogP contribution in [0, 0.1) is 0 Å². The van der Waals surface area contributed by atoms with E-state index < -0.39 is 5.67 Å². The number of alkyl halides is 1. The molecule has 0 aromatic heterocycles. The lowest BCUT2D eigenvalue weighted by molar-refractivity contribution is 0.0590. The van der Waals surface area contributed by atoms with E-state index in [1.165, 1.54) is 0 Å². The van der Waals surface area contributed by atoms with Crippen molar-refractivity contribution in [3.63, 3.8) is 0 Å². The van der Waals surface area contributed by atoms with Crippen molar-refractivity contribution < 1.29 is 9.50 Å². The molecule has 2 rings (SSSR count). The Morgan fingerprint density at radius 2 is 2.31 bits per heavy atom. The van der Waals surface area contributed by atoms with E-state index in [4.69, 9.17) is 0 Å². The Hall–Kier alpha value is -1.09. The van der Waals surface area contributed by atoms with Crippen LogP contribution in [0.2, 0.25) is 0 Å². The summed E-state index contributed by atoms with van der Waals surface area (Å²) in [4.78, 5) is 2.03. The molecule has 1 N–H and O–H groups in total. The lowest BCUT2D eigenvalue weighted by Gasteiger charge is -2.35. The lowest BCUT2D eigenvalue weighted by atomic mass is 9.88. The SMILES string of the molecule is CN1CCCC(F)(Cc2cccc(O)c2)C1. The molecule has 0 saturated carbocycles. The molecule has 1 atom stereocenters. The second kappa shape index (κ2) is 4.42. The molecule has 0 radical (unpaired) electrons. The summed E-state index contributed by atoms with van der Waals surface area (Å²) in [5, 5.41) is 9.35. The smallest absolute Gasteiger partial charge is 0.127 e. The highest BCUT2D eigenvalue weighted by atomic mass is 19.1. The summed E-state index contributed by atoms with van der Waals surface area (Å²) >= 11 is 0. The van der Waals surface area contributed by atoms with Gasteiger partial charge in [-0.25, -0.2) is 4.39 Å². The predicted molar refractivity (Wildman–Crippen MR) is 62.4 cm³/mol. The Kier molecular flexibility index (Phi) is 3.15. The van der Waals surface area contributed by atoms with Gasteiger partial charge in [-0.1, -0.05) is 12.1 Å². The Balaban J connectivity index is 2.08. The van der Waals surface area contributed by atoms with Crippen LogP contribution in [0.15, 0.2) is 24.3 Å². The largest absolute Gasteiger partial charge is 0.508 e. The van der Waals surface area contributed by atoms with E-state index in [9.17, 15) is 9.50 Å². The molecule has 0 bridgehead atoms. The molecule has 1 unspecified atom stereocenters. The summed E-state index contributed by atoms with van der Waals surface area (Å²) in [6.07, 6.45) is 1.92. The second-order valence-corrected chi connectivity index (χ2v) is 4.84. The molecule has 3 heteroatoms. The van der Waals surface area contributed by atoms with Crippen molar-refractivity contribution in [1.82, 2.24) is 4.90 Å². The number of phenolic OH excluding ortho intramolecular Hbond substituents is 1. The van der Waals surface area contributed by atoms with Crippen LogP contribution in [-0.2, 0) is 6.42 Å². The third-order valence-corrected chi connectivity index (χ3v) is 3.15. The highest BCUT2D eigenvalue weighted by molar-refractivity contribution is 5.28. The lowest BCUT2D eigenvalue weighted by Crippen LogP contribution is -2.44. The highest BCUT2D eigenvalue weighted by Gasteiger charge is 2.34. The number of aromatic hydroxyl groups is 1. The maximum Gasteiger partial charge on any atom is 0.127 e. The quantitative estimate of drug-likeness (QED) is 0.832. The summed E-state index contributed by atoms with van der Waals surface area (Å²) in [6.45, 7) is 1.47. The van der Waals surface area contributed by atoms with Crippen LogP contribution in [0.3, 0.4) is 0 Å². The number of likely N-dealkylation sites (tertiary alicyclic amines) is 1. The average molecular weight is 223 g/mol. The first kappa shape index (κ1) is 11.4. The highest BCUT2D eigenvalue weighted by Crippen LogP contribution is 2.29. The third kappa shape index (κ3) is 2.73. The number of rotatable bonds is 2. The molecule has 88 valence electrons. The fourth-order valence-corrected chi connectivity index (χ4v) is 2.48. The van der Waals surface area contributed by atoms with Crippen LogP contribution >= 0.6 is 0 Å². The zero-order valence-corrected chi connectivity index (χ0v) is 9.62. The van der Waals surface area contributed by atoms with Gasteiger partial charge in [0.1, 0.15) is 11.4 Å². The van der Waals surface area contributed by atoms with Gasteiger partial charge in [-0.2, -0.15) is 0 Å². The Morgan fingerprint density at radius 3 is 3.00 bits per heavy atom. The van der Waals surface area contributed by atoms with E-state index >= 15 is 0 Å². The van der Waals surface area contributed by atoms with Crippen LogP contribution < -0.4 is 0 Å². The van der Waals surface area contributed by atoms with E-state index in [-0.39, 0.29) is 5.75 Å². The van der Waals surface area contributed by atoms with Crippen LogP contribution in [0.1, 0.15) is 18.4 Å². The molecule has 0 spiro atoms. The molecule has 1 aromatic rings. The molecule has 1 aliphatic heterocycles. The van der Waals surface area contributed by atoms with Crippen molar-refractivity contribution in [3.05, 3.63) is 29.8 Å². The fourth-order valence-electron chi connectivity index (χ4n) is 2.48. The average Bonchev–Trinajstić information content (AvgIpc) is 2.16. The molecule has 2 nitrogen and oxygen atoms in total. The van der Waals surface area contributed by atoms with Crippen molar-refractivity contribution in [2.24, 2.45) is 0 Å². The number of nitrogens with zero attached hydrogens (tertiary/aromatic N) is 1. The molecule has 1 saturated heterocycles. The molecular weight excluding hydrogens is 205 g/mol. The van der Waals surface area contributed by atoms with E-state index in [1.807, 2.05) is 18.0 Å². The minimum Gasteiger partial charge on any atom is -0.508 e. The van der Waals surface area contributed by atoms with Crippen LogP contribution in [0.4, 0.5) is 4.39 Å². The van der Waals surface area contributed by atoms with E-state index in [2.05, 4.69) is 0 Å². The maximum atomic E-state index is 14.5. The van der Waals surface area contributed by atoms with Crippen LogP contribution in [0.25, 0.3) is 0 Å². The van der Waals surface area contributed by atoms with Gasteiger partial charge in [0.15, 0.2) is 0 Å². The summed E-state index contributed by atoms with van der Waals surface area (Å²) < 4.78 is 14.5. The number of hydrogen-bond donors (Lipinski definition) is 1. The van der Waals surface area contributed by atoms with Gasteiger partial charge in [0.25, 0.3) is 0 Å². The third-order valence-electron chi connectivity index (χ3n) is 3.15. The van der Waals surface area contributed by atoms with Crippen LogP contribution in [0.5, 0.6) is 5.75 Å². The van der Waals surface area contributed by atoms with Gasteiger partial charge in [-0.3, -0.25) is 0 Å². The van der Waals surface area contributed by atoms with Crippen molar-refractivity contribution in [3.8, 4) is 5.75 Å². The van der Waals surface area contributed by atoms with Gasteiger partial charge < -0.3 is 10.0 Å². The first-order chi connectivity index (χ1) is 7.57. The zero-order valence-electron chi connectivity index (χ0n) is 9.62. The summed E-state index contributed by atoms with van der Waals surface area (Å²) in [7, 11) is 1.95. The number of halogens is 1. The standard InChI is InChI=1S/C13H18FNO/c1-15-7-3-6-13(14,10-15)9-11-4-2-5-12(16)8-11/h2,4-5,8,16H,3,6-7,9-10H2,1H3.